The van der Waals surface area contributed by atoms with Crippen LogP contribution in [0, 0.1) is 0 Å². The molecule has 5 aromatic carbocycles. The third-order valence-electron chi connectivity index (χ3n) is 7.40. The summed E-state index contributed by atoms with van der Waals surface area (Å²) in [6.07, 6.45) is 0. The van der Waals surface area contributed by atoms with E-state index in [9.17, 15) is 0 Å². The number of benzene rings is 5. The van der Waals surface area contributed by atoms with Crippen LogP contribution in [0.25, 0.3) is 71.9 Å². The van der Waals surface area contributed by atoms with Crippen LogP contribution in [-0.4, -0.2) is 9.55 Å². The molecule has 178 valence electrons. The molecular formula is C35H22N2O. The second kappa shape index (κ2) is 8.19. The largest absolute Gasteiger partial charge is 0.454 e. The van der Waals surface area contributed by atoms with Crippen LogP contribution in [-0.2, 0) is 0 Å². The maximum atomic E-state index is 6.54. The molecule has 8 rings (SSSR count). The van der Waals surface area contributed by atoms with Gasteiger partial charge in [0.25, 0.3) is 0 Å². The minimum Gasteiger partial charge on any atom is -0.454 e. The summed E-state index contributed by atoms with van der Waals surface area (Å²) >= 11 is 0. The Labute approximate surface area is 219 Å². The molecule has 0 fully saturated rings. The third kappa shape index (κ3) is 3.12. The number of fused-ring (bicyclic) bond motifs is 7. The van der Waals surface area contributed by atoms with Gasteiger partial charge in [0.1, 0.15) is 11.4 Å². The zero-order valence-corrected chi connectivity index (χ0v) is 20.5. The molecule has 0 saturated heterocycles. The van der Waals surface area contributed by atoms with Crippen molar-refractivity contribution in [2.45, 2.75) is 0 Å². The average molecular weight is 487 g/mol. The standard InChI is InChI=1S/C35H22N2O/c1-3-11-23(12-4-1)25-21-30(24-13-5-2-6-14-24)36-33(22-25)37-31-17-9-7-15-26(31)28-19-20-29-27-16-8-10-18-32(27)38-35(29)34(28)37/h1-22H. The SMILES string of the molecule is c1ccc(-c2cc(-c3ccccc3)nc(-n3c4ccccc4c4ccc5c6ccccc6oc5c43)c2)cc1. The van der Waals surface area contributed by atoms with E-state index in [0.717, 1.165) is 66.6 Å². The minimum absolute atomic E-state index is 0.865. The second-order valence-corrected chi connectivity index (χ2v) is 9.62. The van der Waals surface area contributed by atoms with Gasteiger partial charge in [0.15, 0.2) is 5.58 Å². The Morgan fingerprint density at radius 1 is 0.500 bits per heavy atom. The molecule has 3 heterocycles. The molecule has 38 heavy (non-hydrogen) atoms. The molecule has 0 N–H and O–H groups in total. The number of pyridine rings is 1. The van der Waals surface area contributed by atoms with Crippen molar-refractivity contribution in [3.63, 3.8) is 0 Å². The van der Waals surface area contributed by atoms with E-state index < -0.39 is 0 Å². The summed E-state index contributed by atoms with van der Waals surface area (Å²) in [5.74, 6) is 0.865. The Morgan fingerprint density at radius 3 is 1.97 bits per heavy atom. The fourth-order valence-corrected chi connectivity index (χ4v) is 5.65. The second-order valence-electron chi connectivity index (χ2n) is 9.62. The van der Waals surface area contributed by atoms with E-state index in [4.69, 9.17) is 9.40 Å². The first-order valence-corrected chi connectivity index (χ1v) is 12.8. The van der Waals surface area contributed by atoms with Crippen LogP contribution < -0.4 is 0 Å². The maximum absolute atomic E-state index is 6.54. The van der Waals surface area contributed by atoms with Gasteiger partial charge in [0, 0.05) is 27.1 Å². The van der Waals surface area contributed by atoms with Crippen LogP contribution in [0.3, 0.4) is 0 Å². The van der Waals surface area contributed by atoms with Crippen LogP contribution in [0.2, 0.25) is 0 Å². The Kier molecular flexibility index (Phi) is 4.52. The molecule has 0 atom stereocenters. The molecule has 0 amide bonds. The van der Waals surface area contributed by atoms with Gasteiger partial charge in [-0.3, -0.25) is 4.57 Å². The Morgan fingerprint density at radius 2 is 1.16 bits per heavy atom. The van der Waals surface area contributed by atoms with Crippen LogP contribution in [0.15, 0.2) is 138 Å². The number of para-hydroxylation sites is 2. The lowest BCUT2D eigenvalue weighted by molar-refractivity contribution is 0.671. The smallest absolute Gasteiger partial charge is 0.160 e. The lowest BCUT2D eigenvalue weighted by Gasteiger charge is -2.13. The summed E-state index contributed by atoms with van der Waals surface area (Å²) in [5, 5.41) is 4.56. The molecule has 0 saturated carbocycles. The van der Waals surface area contributed by atoms with Crippen molar-refractivity contribution in [1.82, 2.24) is 9.55 Å². The fourth-order valence-electron chi connectivity index (χ4n) is 5.65. The lowest BCUT2D eigenvalue weighted by Crippen LogP contribution is -2.00. The summed E-state index contributed by atoms with van der Waals surface area (Å²) in [4.78, 5) is 5.25. The lowest BCUT2D eigenvalue weighted by atomic mass is 10.0. The predicted octanol–water partition coefficient (Wildman–Crippen LogP) is 9.41. The first-order chi connectivity index (χ1) is 18.8. The molecule has 3 nitrogen and oxygen atoms in total. The highest BCUT2D eigenvalue weighted by Crippen LogP contribution is 2.40. The van der Waals surface area contributed by atoms with Gasteiger partial charge in [0.2, 0.25) is 0 Å². The molecule has 0 aliphatic heterocycles. The first kappa shape index (κ1) is 21.0. The van der Waals surface area contributed by atoms with Crippen molar-refractivity contribution in [3.8, 4) is 28.2 Å². The maximum Gasteiger partial charge on any atom is 0.160 e. The molecule has 0 aliphatic rings. The normalized spacial score (nSPS) is 11.7. The fraction of sp³-hybridized carbons (Fsp3) is 0. The number of nitrogens with zero attached hydrogens (tertiary/aromatic N) is 2. The molecule has 8 aromatic rings. The summed E-state index contributed by atoms with van der Waals surface area (Å²) in [6, 6.07) is 46.5. The van der Waals surface area contributed by atoms with E-state index in [0.29, 0.717) is 0 Å². The third-order valence-corrected chi connectivity index (χ3v) is 7.40. The van der Waals surface area contributed by atoms with Gasteiger partial charge >= 0.3 is 0 Å². The number of rotatable bonds is 3. The van der Waals surface area contributed by atoms with Crippen molar-refractivity contribution in [1.29, 1.82) is 0 Å². The zero-order chi connectivity index (χ0) is 25.1. The van der Waals surface area contributed by atoms with E-state index in [1.807, 2.05) is 18.2 Å². The van der Waals surface area contributed by atoms with E-state index in [-0.39, 0.29) is 0 Å². The van der Waals surface area contributed by atoms with Crippen LogP contribution >= 0.6 is 0 Å². The first-order valence-electron chi connectivity index (χ1n) is 12.8. The Hall–Kier alpha value is -5.15. The highest BCUT2D eigenvalue weighted by Gasteiger charge is 2.20. The molecular weight excluding hydrogens is 464 g/mol. The van der Waals surface area contributed by atoms with Gasteiger partial charge in [-0.05, 0) is 41.5 Å². The highest BCUT2D eigenvalue weighted by atomic mass is 16.3. The summed E-state index contributed by atoms with van der Waals surface area (Å²) in [5.41, 5.74) is 8.21. The number of aromatic nitrogens is 2. The molecule has 3 heteroatoms. The van der Waals surface area contributed by atoms with E-state index in [2.05, 4.69) is 120 Å². The van der Waals surface area contributed by atoms with Crippen molar-refractivity contribution in [2.75, 3.05) is 0 Å². The molecule has 0 spiro atoms. The summed E-state index contributed by atoms with van der Waals surface area (Å²) in [6.45, 7) is 0. The van der Waals surface area contributed by atoms with Crippen molar-refractivity contribution < 1.29 is 4.42 Å². The van der Waals surface area contributed by atoms with Crippen molar-refractivity contribution >= 4 is 43.7 Å². The van der Waals surface area contributed by atoms with Gasteiger partial charge in [-0.25, -0.2) is 4.98 Å². The summed E-state index contributed by atoms with van der Waals surface area (Å²) < 4.78 is 8.81. The van der Waals surface area contributed by atoms with Gasteiger partial charge in [-0.15, -0.1) is 0 Å². The molecule has 0 radical (unpaired) electrons. The number of furan rings is 1. The monoisotopic (exact) mass is 486 g/mol. The van der Waals surface area contributed by atoms with Crippen molar-refractivity contribution in [2.24, 2.45) is 0 Å². The van der Waals surface area contributed by atoms with E-state index in [1.54, 1.807) is 0 Å². The van der Waals surface area contributed by atoms with Gasteiger partial charge in [-0.1, -0.05) is 103 Å². The van der Waals surface area contributed by atoms with Crippen molar-refractivity contribution in [3.05, 3.63) is 133 Å². The summed E-state index contributed by atoms with van der Waals surface area (Å²) in [7, 11) is 0. The van der Waals surface area contributed by atoms with Gasteiger partial charge < -0.3 is 4.42 Å². The number of hydrogen-bond acceptors (Lipinski definition) is 2. The van der Waals surface area contributed by atoms with E-state index in [1.165, 1.54) is 5.39 Å². The quantitative estimate of drug-likeness (QED) is 0.249. The van der Waals surface area contributed by atoms with Gasteiger partial charge in [-0.2, -0.15) is 0 Å². The minimum atomic E-state index is 0.865. The molecule has 0 unspecified atom stereocenters. The predicted molar refractivity (Wildman–Crippen MR) is 157 cm³/mol. The zero-order valence-electron chi connectivity index (χ0n) is 20.5. The van der Waals surface area contributed by atoms with Crippen LogP contribution in [0.5, 0.6) is 0 Å². The Balaban J connectivity index is 1.53. The van der Waals surface area contributed by atoms with Crippen LogP contribution in [0.4, 0.5) is 0 Å². The average Bonchev–Trinajstić information content (AvgIpc) is 3.54. The molecule has 3 aromatic heterocycles. The highest BCUT2D eigenvalue weighted by molar-refractivity contribution is 6.21. The Bertz CT molecular complexity index is 2060. The van der Waals surface area contributed by atoms with E-state index >= 15 is 0 Å². The van der Waals surface area contributed by atoms with Crippen LogP contribution in [0.1, 0.15) is 0 Å². The topological polar surface area (TPSA) is 31.0 Å². The van der Waals surface area contributed by atoms with Gasteiger partial charge in [0.05, 0.1) is 16.7 Å². The number of hydrogen-bond donors (Lipinski definition) is 0. The molecule has 0 aliphatic carbocycles. The molecule has 0 bridgehead atoms.